The lowest BCUT2D eigenvalue weighted by Crippen LogP contribution is -2.29. The number of hydrogen-bond donors (Lipinski definition) is 1. The Morgan fingerprint density at radius 3 is 2.78 bits per heavy atom. The SMILES string of the molecule is COCC(=O)NCC[O]. The van der Waals surface area contributed by atoms with Gasteiger partial charge in [-0.3, -0.25) is 4.79 Å². The van der Waals surface area contributed by atoms with Crippen LogP contribution in [0.2, 0.25) is 0 Å². The van der Waals surface area contributed by atoms with Crippen molar-refractivity contribution in [3.8, 4) is 0 Å². The second-order valence-corrected chi connectivity index (χ2v) is 1.49. The molecule has 0 rings (SSSR count). The monoisotopic (exact) mass is 132 g/mol. The fourth-order valence-electron chi connectivity index (χ4n) is 0.373. The minimum Gasteiger partial charge on any atom is -0.375 e. The van der Waals surface area contributed by atoms with Crippen LogP contribution in [0.4, 0.5) is 0 Å². The van der Waals surface area contributed by atoms with Crippen molar-refractivity contribution in [2.75, 3.05) is 26.9 Å². The number of rotatable bonds is 4. The van der Waals surface area contributed by atoms with Gasteiger partial charge in [0.2, 0.25) is 5.91 Å². The van der Waals surface area contributed by atoms with Crippen LogP contribution in [0.1, 0.15) is 0 Å². The molecule has 0 heterocycles. The maximum absolute atomic E-state index is 10.4. The zero-order valence-electron chi connectivity index (χ0n) is 5.35. The van der Waals surface area contributed by atoms with Crippen molar-refractivity contribution in [3.63, 3.8) is 0 Å². The van der Waals surface area contributed by atoms with Crippen molar-refractivity contribution in [2.45, 2.75) is 0 Å². The van der Waals surface area contributed by atoms with Gasteiger partial charge in [-0.25, -0.2) is 5.11 Å². The summed E-state index contributed by atoms with van der Waals surface area (Å²) >= 11 is 0. The number of hydrogen-bond acceptors (Lipinski definition) is 2. The van der Waals surface area contributed by atoms with Crippen LogP contribution in [0.15, 0.2) is 0 Å². The zero-order chi connectivity index (χ0) is 7.11. The van der Waals surface area contributed by atoms with E-state index in [1.54, 1.807) is 0 Å². The van der Waals surface area contributed by atoms with E-state index in [9.17, 15) is 9.90 Å². The highest BCUT2D eigenvalue weighted by Gasteiger charge is 1.95. The maximum atomic E-state index is 10.4. The zero-order valence-corrected chi connectivity index (χ0v) is 5.35. The van der Waals surface area contributed by atoms with Crippen molar-refractivity contribution < 1.29 is 14.6 Å². The third-order valence-corrected chi connectivity index (χ3v) is 0.700. The largest absolute Gasteiger partial charge is 0.375 e. The highest BCUT2D eigenvalue weighted by atomic mass is 16.5. The molecular formula is C5H10NO3. The Morgan fingerprint density at radius 1 is 1.67 bits per heavy atom. The van der Waals surface area contributed by atoms with Crippen molar-refractivity contribution in [3.05, 3.63) is 0 Å². The quantitative estimate of drug-likeness (QED) is 0.543. The van der Waals surface area contributed by atoms with Gasteiger partial charge in [0.15, 0.2) is 0 Å². The molecule has 0 bridgehead atoms. The molecule has 0 atom stereocenters. The van der Waals surface area contributed by atoms with E-state index in [-0.39, 0.29) is 25.7 Å². The Kier molecular flexibility index (Phi) is 5.15. The fourth-order valence-corrected chi connectivity index (χ4v) is 0.373. The standard InChI is InChI=1S/C5H10NO3/c1-9-4-5(8)6-2-3-7/h2-4H2,1H3,(H,6,8). The molecule has 0 aliphatic carbocycles. The Morgan fingerprint density at radius 2 is 2.33 bits per heavy atom. The molecule has 0 saturated carbocycles. The van der Waals surface area contributed by atoms with Crippen molar-refractivity contribution in [1.29, 1.82) is 0 Å². The molecule has 9 heavy (non-hydrogen) atoms. The first kappa shape index (κ1) is 8.39. The van der Waals surface area contributed by atoms with E-state index in [1.165, 1.54) is 7.11 Å². The lowest BCUT2D eigenvalue weighted by molar-refractivity contribution is -0.124. The van der Waals surface area contributed by atoms with Crippen LogP contribution >= 0.6 is 0 Å². The third-order valence-electron chi connectivity index (χ3n) is 0.700. The van der Waals surface area contributed by atoms with Gasteiger partial charge >= 0.3 is 0 Å². The highest BCUT2D eigenvalue weighted by molar-refractivity contribution is 5.77. The molecule has 0 aromatic heterocycles. The Bertz CT molecular complexity index is 84.3. The van der Waals surface area contributed by atoms with Crippen molar-refractivity contribution in [2.24, 2.45) is 0 Å². The first-order chi connectivity index (χ1) is 4.31. The molecule has 0 fully saturated rings. The van der Waals surface area contributed by atoms with Crippen LogP contribution in [0.5, 0.6) is 0 Å². The highest BCUT2D eigenvalue weighted by Crippen LogP contribution is 1.66. The maximum Gasteiger partial charge on any atom is 0.246 e. The van der Waals surface area contributed by atoms with Gasteiger partial charge in [0.05, 0.1) is 6.61 Å². The average Bonchev–Trinajstić information content (AvgIpc) is 1.85. The normalized spacial score (nSPS) is 9.11. The van der Waals surface area contributed by atoms with E-state index < -0.39 is 0 Å². The number of amides is 1. The van der Waals surface area contributed by atoms with Gasteiger partial charge in [-0.2, -0.15) is 0 Å². The predicted molar refractivity (Wildman–Crippen MR) is 30.4 cm³/mol. The minimum absolute atomic E-state index is 0.0278. The van der Waals surface area contributed by atoms with E-state index >= 15 is 0 Å². The Hall–Kier alpha value is -0.610. The van der Waals surface area contributed by atoms with Gasteiger partial charge in [-0.1, -0.05) is 0 Å². The summed E-state index contributed by atoms with van der Waals surface area (Å²) in [4.78, 5) is 10.4. The van der Waals surface area contributed by atoms with Crippen molar-refractivity contribution >= 4 is 5.91 Å². The third kappa shape index (κ3) is 5.26. The smallest absolute Gasteiger partial charge is 0.246 e. The first-order valence-corrected chi connectivity index (χ1v) is 2.65. The van der Waals surface area contributed by atoms with Gasteiger partial charge in [-0.15, -0.1) is 0 Å². The van der Waals surface area contributed by atoms with E-state index in [4.69, 9.17) is 0 Å². The molecule has 53 valence electrons. The Labute approximate surface area is 53.8 Å². The summed E-state index contributed by atoms with van der Waals surface area (Å²) in [6, 6.07) is 0. The van der Waals surface area contributed by atoms with Gasteiger partial charge in [0.1, 0.15) is 6.61 Å². The lowest BCUT2D eigenvalue weighted by atomic mass is 10.6. The topological polar surface area (TPSA) is 58.2 Å². The molecule has 4 nitrogen and oxygen atoms in total. The van der Waals surface area contributed by atoms with Crippen LogP contribution in [-0.2, 0) is 14.6 Å². The van der Waals surface area contributed by atoms with Crippen LogP contribution < -0.4 is 5.32 Å². The first-order valence-electron chi connectivity index (χ1n) is 2.65. The minimum atomic E-state index is -0.282. The number of carbonyl (C=O) groups is 1. The summed E-state index contributed by atoms with van der Waals surface area (Å²) in [7, 11) is 1.43. The summed E-state index contributed by atoms with van der Waals surface area (Å²) in [5, 5.41) is 12.1. The second-order valence-electron chi connectivity index (χ2n) is 1.49. The predicted octanol–water partition coefficient (Wildman–Crippen LogP) is -0.821. The summed E-state index contributed by atoms with van der Waals surface area (Å²) in [6.07, 6.45) is 0. The molecule has 0 aromatic carbocycles. The molecule has 0 saturated heterocycles. The molecule has 0 unspecified atom stereocenters. The molecule has 1 N–H and O–H groups in total. The van der Waals surface area contributed by atoms with Gasteiger partial charge in [0, 0.05) is 13.7 Å². The van der Waals surface area contributed by atoms with E-state index in [2.05, 4.69) is 10.1 Å². The van der Waals surface area contributed by atoms with Gasteiger partial charge in [-0.05, 0) is 0 Å². The molecule has 0 aliphatic rings. The van der Waals surface area contributed by atoms with Gasteiger partial charge in [0.25, 0.3) is 0 Å². The van der Waals surface area contributed by atoms with Crippen LogP contribution in [0.25, 0.3) is 0 Å². The number of carbonyl (C=O) groups excluding carboxylic acids is 1. The average molecular weight is 132 g/mol. The lowest BCUT2D eigenvalue weighted by Gasteiger charge is -1.98. The van der Waals surface area contributed by atoms with Crippen LogP contribution in [-0.4, -0.2) is 32.8 Å². The summed E-state index contributed by atoms with van der Waals surface area (Å²) < 4.78 is 4.49. The number of nitrogens with one attached hydrogen (secondary N) is 1. The molecule has 0 spiro atoms. The fraction of sp³-hybridized carbons (Fsp3) is 0.800. The van der Waals surface area contributed by atoms with Crippen LogP contribution in [0.3, 0.4) is 0 Å². The van der Waals surface area contributed by atoms with E-state index in [0.717, 1.165) is 0 Å². The molecule has 0 aromatic rings. The second kappa shape index (κ2) is 5.53. The van der Waals surface area contributed by atoms with E-state index in [0.29, 0.717) is 0 Å². The molecule has 1 amide bonds. The van der Waals surface area contributed by atoms with E-state index in [1.807, 2.05) is 0 Å². The summed E-state index contributed by atoms with van der Waals surface area (Å²) in [5.74, 6) is -0.242. The molecule has 1 radical (unpaired) electrons. The summed E-state index contributed by atoms with van der Waals surface area (Å²) in [6.45, 7) is -0.0718. The Balaban J connectivity index is 3.06. The molecule has 0 aliphatic heterocycles. The van der Waals surface area contributed by atoms with Crippen molar-refractivity contribution in [1.82, 2.24) is 5.32 Å². The molecular weight excluding hydrogens is 122 g/mol. The number of methoxy groups -OCH3 is 1. The summed E-state index contributed by atoms with van der Waals surface area (Å²) in [5.41, 5.74) is 0. The number of ether oxygens (including phenoxy) is 1. The molecule has 4 heteroatoms. The van der Waals surface area contributed by atoms with Crippen LogP contribution in [0, 0.1) is 0 Å². The van der Waals surface area contributed by atoms with Gasteiger partial charge < -0.3 is 10.1 Å².